The van der Waals surface area contributed by atoms with Gasteiger partial charge in [-0.3, -0.25) is 4.79 Å². The van der Waals surface area contributed by atoms with Crippen LogP contribution in [0.15, 0.2) is 15.5 Å². The van der Waals surface area contributed by atoms with Crippen LogP contribution in [0.5, 0.6) is 0 Å². The average Bonchev–Trinajstić information content (AvgIpc) is 2.28. The fourth-order valence-electron chi connectivity index (χ4n) is 1.16. The topological polar surface area (TPSA) is 79.2 Å². The number of aliphatic hydroxyl groups excluding tert-OH is 1. The van der Waals surface area contributed by atoms with E-state index in [0.717, 1.165) is 6.54 Å². The van der Waals surface area contributed by atoms with E-state index in [-0.39, 0.29) is 18.7 Å². The molecule has 0 atom stereocenters. The van der Waals surface area contributed by atoms with Crippen LogP contribution >= 0.6 is 15.9 Å². The van der Waals surface area contributed by atoms with E-state index in [2.05, 4.69) is 31.7 Å². The van der Waals surface area contributed by atoms with Gasteiger partial charge in [-0.05, 0) is 23.0 Å². The van der Waals surface area contributed by atoms with Crippen molar-refractivity contribution >= 4 is 21.6 Å². The number of aliphatic hydroxyl groups is 1. The van der Waals surface area contributed by atoms with Gasteiger partial charge < -0.3 is 15.7 Å². The third-order valence-electron chi connectivity index (χ3n) is 1.99. The molecule has 3 N–H and O–H groups in total. The van der Waals surface area contributed by atoms with Gasteiger partial charge in [0, 0.05) is 13.1 Å². The molecule has 0 aliphatic carbocycles. The minimum Gasteiger partial charge on any atom is -0.394 e. The zero-order chi connectivity index (χ0) is 12.0. The van der Waals surface area contributed by atoms with Crippen LogP contribution in [0, 0.1) is 0 Å². The zero-order valence-corrected chi connectivity index (χ0v) is 10.6. The Morgan fingerprint density at radius 2 is 2.31 bits per heavy atom. The molecule has 1 rings (SSSR count). The quantitative estimate of drug-likeness (QED) is 0.623. The minimum absolute atomic E-state index is 0.105. The molecule has 0 bridgehead atoms. The number of nitrogens with one attached hydrogen (secondary N) is 2. The molecular weight excluding hydrogens is 276 g/mol. The molecule has 1 aromatic heterocycles. The van der Waals surface area contributed by atoms with E-state index in [1.165, 1.54) is 4.68 Å². The van der Waals surface area contributed by atoms with Crippen LogP contribution in [0.4, 0.5) is 5.69 Å². The van der Waals surface area contributed by atoms with Crippen LogP contribution < -0.4 is 16.2 Å². The Morgan fingerprint density at radius 1 is 1.56 bits per heavy atom. The fraction of sp³-hybridized carbons (Fsp3) is 0.556. The summed E-state index contributed by atoms with van der Waals surface area (Å²) < 4.78 is 1.65. The molecule has 0 amide bonds. The van der Waals surface area contributed by atoms with Crippen LogP contribution in [0.25, 0.3) is 0 Å². The fourth-order valence-corrected chi connectivity index (χ4v) is 1.61. The maximum atomic E-state index is 11.7. The van der Waals surface area contributed by atoms with Gasteiger partial charge in [0.1, 0.15) is 4.47 Å². The van der Waals surface area contributed by atoms with Gasteiger partial charge in [-0.2, -0.15) is 5.10 Å². The van der Waals surface area contributed by atoms with Gasteiger partial charge in [0.2, 0.25) is 0 Å². The highest BCUT2D eigenvalue weighted by atomic mass is 79.9. The molecular formula is C9H15BrN4O2. The molecule has 0 fully saturated rings. The number of hydrogen-bond donors (Lipinski definition) is 3. The molecule has 7 heteroatoms. The number of hydrogen-bond acceptors (Lipinski definition) is 5. The number of nitrogens with zero attached hydrogens (tertiary/aromatic N) is 2. The first-order valence-electron chi connectivity index (χ1n) is 4.95. The largest absolute Gasteiger partial charge is 0.394 e. The highest BCUT2D eigenvalue weighted by Gasteiger charge is 2.07. The third kappa shape index (κ3) is 3.29. The van der Waals surface area contributed by atoms with Crippen molar-refractivity contribution in [2.75, 3.05) is 32.1 Å². The van der Waals surface area contributed by atoms with E-state index in [9.17, 15) is 4.79 Å². The first-order chi connectivity index (χ1) is 7.70. The Hall–Kier alpha value is -0.920. The molecule has 0 saturated carbocycles. The number of aromatic nitrogens is 2. The van der Waals surface area contributed by atoms with Gasteiger partial charge in [-0.1, -0.05) is 0 Å². The SMILES string of the molecule is CNCCNc1cnn(CCO)c(=O)c1Br. The lowest BCUT2D eigenvalue weighted by molar-refractivity contribution is 0.266. The Labute approximate surface area is 102 Å². The summed E-state index contributed by atoms with van der Waals surface area (Å²) in [6.45, 7) is 1.60. The summed E-state index contributed by atoms with van der Waals surface area (Å²) in [5, 5.41) is 18.7. The molecule has 90 valence electrons. The average molecular weight is 291 g/mol. The van der Waals surface area contributed by atoms with Gasteiger partial charge in [0.25, 0.3) is 5.56 Å². The number of rotatable bonds is 6. The molecule has 0 aromatic carbocycles. The van der Waals surface area contributed by atoms with Crippen LogP contribution in [0.1, 0.15) is 0 Å². The summed E-state index contributed by atoms with van der Waals surface area (Å²) in [4.78, 5) is 11.7. The monoisotopic (exact) mass is 290 g/mol. The van der Waals surface area contributed by atoms with E-state index in [4.69, 9.17) is 5.11 Å². The molecule has 1 aromatic rings. The summed E-state index contributed by atoms with van der Waals surface area (Å²) in [6, 6.07) is 0. The second-order valence-electron chi connectivity index (χ2n) is 3.15. The molecule has 1 heterocycles. The summed E-state index contributed by atoms with van der Waals surface area (Å²) in [7, 11) is 1.86. The molecule has 0 unspecified atom stereocenters. The minimum atomic E-state index is -0.247. The summed E-state index contributed by atoms with van der Waals surface area (Å²) in [5.41, 5.74) is 0.415. The van der Waals surface area contributed by atoms with E-state index in [1.54, 1.807) is 6.20 Å². The second kappa shape index (κ2) is 6.62. The van der Waals surface area contributed by atoms with Gasteiger partial charge in [0.15, 0.2) is 0 Å². The normalized spacial score (nSPS) is 10.4. The molecule has 0 spiro atoms. The van der Waals surface area contributed by atoms with E-state index in [0.29, 0.717) is 16.7 Å². The van der Waals surface area contributed by atoms with Crippen LogP contribution in [0.3, 0.4) is 0 Å². The Balaban J connectivity index is 2.81. The molecule has 0 radical (unpaired) electrons. The predicted octanol–water partition coefficient (Wildman–Crippen LogP) is -0.371. The van der Waals surface area contributed by atoms with Gasteiger partial charge >= 0.3 is 0 Å². The van der Waals surface area contributed by atoms with Gasteiger partial charge in [-0.25, -0.2) is 4.68 Å². The Bertz CT molecular complexity index is 394. The van der Waals surface area contributed by atoms with Crippen molar-refractivity contribution in [1.29, 1.82) is 0 Å². The van der Waals surface area contributed by atoms with E-state index >= 15 is 0 Å². The first-order valence-corrected chi connectivity index (χ1v) is 5.75. The van der Waals surface area contributed by atoms with Crippen molar-refractivity contribution in [2.24, 2.45) is 0 Å². The highest BCUT2D eigenvalue weighted by molar-refractivity contribution is 9.10. The lowest BCUT2D eigenvalue weighted by atomic mass is 10.4. The van der Waals surface area contributed by atoms with Crippen LogP contribution in [0.2, 0.25) is 0 Å². The summed E-state index contributed by atoms with van der Waals surface area (Å²) >= 11 is 3.22. The maximum Gasteiger partial charge on any atom is 0.283 e. The maximum absolute atomic E-state index is 11.7. The van der Waals surface area contributed by atoms with Gasteiger partial charge in [-0.15, -0.1) is 0 Å². The van der Waals surface area contributed by atoms with Gasteiger partial charge in [0.05, 0.1) is 25.0 Å². The molecule has 0 saturated heterocycles. The number of anilines is 1. The lowest BCUT2D eigenvalue weighted by Gasteiger charge is -2.09. The molecule has 0 aliphatic rings. The summed E-state index contributed by atoms with van der Waals surface area (Å²) in [6.07, 6.45) is 1.57. The first kappa shape index (κ1) is 13.1. The molecule has 0 aliphatic heterocycles. The van der Waals surface area contributed by atoms with Crippen molar-refractivity contribution in [2.45, 2.75) is 6.54 Å². The standard InChI is InChI=1S/C9H15BrN4O2/c1-11-2-3-12-7-6-13-14(4-5-15)9(16)8(7)10/h6,11-12,15H,2-5H2,1H3. The highest BCUT2D eigenvalue weighted by Crippen LogP contribution is 2.15. The lowest BCUT2D eigenvalue weighted by Crippen LogP contribution is -2.26. The smallest absolute Gasteiger partial charge is 0.283 e. The molecule has 16 heavy (non-hydrogen) atoms. The van der Waals surface area contributed by atoms with Crippen molar-refractivity contribution in [3.63, 3.8) is 0 Å². The van der Waals surface area contributed by atoms with E-state index in [1.807, 2.05) is 7.05 Å². The Morgan fingerprint density at radius 3 is 2.94 bits per heavy atom. The van der Waals surface area contributed by atoms with Crippen molar-refractivity contribution in [3.05, 3.63) is 21.0 Å². The third-order valence-corrected chi connectivity index (χ3v) is 2.75. The second-order valence-corrected chi connectivity index (χ2v) is 3.95. The van der Waals surface area contributed by atoms with Crippen molar-refractivity contribution < 1.29 is 5.11 Å². The Kier molecular flexibility index (Phi) is 5.44. The van der Waals surface area contributed by atoms with E-state index < -0.39 is 0 Å². The number of likely N-dealkylation sites (N-methyl/N-ethyl adjacent to an activating group) is 1. The van der Waals surface area contributed by atoms with Crippen molar-refractivity contribution in [1.82, 2.24) is 15.1 Å². The predicted molar refractivity (Wildman–Crippen MR) is 65.7 cm³/mol. The van der Waals surface area contributed by atoms with Crippen LogP contribution in [-0.4, -0.2) is 41.6 Å². The molecule has 6 nitrogen and oxygen atoms in total. The zero-order valence-electron chi connectivity index (χ0n) is 9.03. The summed E-state index contributed by atoms with van der Waals surface area (Å²) in [5.74, 6) is 0. The number of halogens is 1. The van der Waals surface area contributed by atoms with Crippen molar-refractivity contribution in [3.8, 4) is 0 Å². The van der Waals surface area contributed by atoms with Crippen LogP contribution in [-0.2, 0) is 6.54 Å².